The second kappa shape index (κ2) is 11.6. The summed E-state index contributed by atoms with van der Waals surface area (Å²) in [5.41, 5.74) is 2.33. The third kappa shape index (κ3) is 6.30. The van der Waals surface area contributed by atoms with Gasteiger partial charge in [-0.3, -0.25) is 9.89 Å². The molecule has 1 fully saturated rings. The highest BCUT2D eigenvalue weighted by Crippen LogP contribution is 2.27. The lowest BCUT2D eigenvalue weighted by molar-refractivity contribution is 0.0170. The summed E-state index contributed by atoms with van der Waals surface area (Å²) in [5.74, 6) is 1.48. The smallest absolute Gasteiger partial charge is 0.191 e. The molecule has 2 aromatic carbocycles. The molecule has 2 aliphatic heterocycles. The summed E-state index contributed by atoms with van der Waals surface area (Å²) in [4.78, 5) is 6.73. The molecule has 2 atom stereocenters. The summed E-state index contributed by atoms with van der Waals surface area (Å²) in [6.45, 7) is 4.46. The fraction of sp³-hybridized carbons (Fsp3) is 0.435. The molecule has 4 rings (SSSR count). The number of nitrogens with zero attached hydrogens (tertiary/aromatic N) is 2. The van der Waals surface area contributed by atoms with E-state index in [9.17, 15) is 4.39 Å². The largest absolute Gasteiger partial charge is 0.488 e. The molecule has 1 saturated heterocycles. The molecule has 2 aromatic rings. The predicted molar refractivity (Wildman–Crippen MR) is 131 cm³/mol. The van der Waals surface area contributed by atoms with Crippen LogP contribution < -0.4 is 15.4 Å². The van der Waals surface area contributed by atoms with Crippen molar-refractivity contribution in [2.24, 2.45) is 4.99 Å². The summed E-state index contributed by atoms with van der Waals surface area (Å²) in [7, 11) is 1.77. The highest BCUT2D eigenvalue weighted by molar-refractivity contribution is 14.0. The van der Waals surface area contributed by atoms with Crippen molar-refractivity contribution in [3.63, 3.8) is 0 Å². The lowest BCUT2D eigenvalue weighted by Crippen LogP contribution is -2.47. The highest BCUT2D eigenvalue weighted by Gasteiger charge is 2.24. The second-order valence-electron chi connectivity index (χ2n) is 7.60. The molecular formula is C23H30FIN4O2. The first-order valence-electron chi connectivity index (χ1n) is 10.5. The minimum absolute atomic E-state index is 0. The molecule has 168 valence electrons. The lowest BCUT2D eigenvalue weighted by Gasteiger charge is -2.35. The van der Waals surface area contributed by atoms with Gasteiger partial charge in [0.25, 0.3) is 0 Å². The van der Waals surface area contributed by atoms with Crippen molar-refractivity contribution in [3.05, 3.63) is 65.5 Å². The van der Waals surface area contributed by atoms with Crippen LogP contribution in [0.1, 0.15) is 17.2 Å². The minimum Gasteiger partial charge on any atom is -0.488 e. The van der Waals surface area contributed by atoms with Crippen molar-refractivity contribution in [2.75, 3.05) is 46.4 Å². The van der Waals surface area contributed by atoms with Crippen LogP contribution in [0, 0.1) is 5.82 Å². The van der Waals surface area contributed by atoms with Crippen LogP contribution in [0.2, 0.25) is 0 Å². The zero-order chi connectivity index (χ0) is 20.8. The van der Waals surface area contributed by atoms with E-state index in [4.69, 9.17) is 9.47 Å². The Morgan fingerprint density at radius 3 is 2.58 bits per heavy atom. The van der Waals surface area contributed by atoms with Gasteiger partial charge in [0.15, 0.2) is 5.96 Å². The van der Waals surface area contributed by atoms with E-state index in [1.165, 1.54) is 17.7 Å². The SMILES string of the molecule is CN=C(NCC1Cc2ccccc2O1)NCC(c1ccc(F)cc1)N1CCOCC1.I. The Kier molecular flexibility index (Phi) is 8.91. The number of ether oxygens (including phenoxy) is 2. The number of guanidine groups is 1. The first kappa shape index (κ1) is 23.7. The fourth-order valence-electron chi connectivity index (χ4n) is 4.02. The maximum absolute atomic E-state index is 13.4. The van der Waals surface area contributed by atoms with Crippen molar-refractivity contribution >= 4 is 29.9 Å². The Balaban J connectivity index is 0.00000272. The number of rotatable bonds is 6. The maximum atomic E-state index is 13.4. The Bertz CT molecular complexity index is 834. The van der Waals surface area contributed by atoms with Crippen LogP contribution in [-0.4, -0.2) is 63.4 Å². The van der Waals surface area contributed by atoms with E-state index in [2.05, 4.69) is 26.6 Å². The van der Waals surface area contributed by atoms with Crippen LogP contribution in [0.3, 0.4) is 0 Å². The van der Waals surface area contributed by atoms with Crippen molar-refractivity contribution in [1.29, 1.82) is 0 Å². The van der Waals surface area contributed by atoms with Crippen LogP contribution in [0.5, 0.6) is 5.75 Å². The number of morpholine rings is 1. The summed E-state index contributed by atoms with van der Waals surface area (Å²) in [6.07, 6.45) is 0.986. The molecule has 2 unspecified atom stereocenters. The van der Waals surface area contributed by atoms with E-state index in [0.717, 1.165) is 36.8 Å². The van der Waals surface area contributed by atoms with Crippen LogP contribution in [-0.2, 0) is 11.2 Å². The average Bonchev–Trinajstić information content (AvgIpc) is 3.21. The monoisotopic (exact) mass is 540 g/mol. The minimum atomic E-state index is -0.220. The highest BCUT2D eigenvalue weighted by atomic mass is 127. The molecule has 0 aromatic heterocycles. The molecule has 0 aliphatic carbocycles. The van der Waals surface area contributed by atoms with Gasteiger partial charge in [0.1, 0.15) is 17.7 Å². The molecule has 0 saturated carbocycles. The summed E-state index contributed by atoms with van der Waals surface area (Å²) in [5, 5.41) is 6.81. The zero-order valence-electron chi connectivity index (χ0n) is 17.7. The average molecular weight is 540 g/mol. The van der Waals surface area contributed by atoms with E-state index < -0.39 is 0 Å². The Morgan fingerprint density at radius 1 is 1.13 bits per heavy atom. The van der Waals surface area contributed by atoms with E-state index in [-0.39, 0.29) is 41.9 Å². The first-order valence-corrected chi connectivity index (χ1v) is 10.5. The van der Waals surface area contributed by atoms with Gasteiger partial charge in [-0.2, -0.15) is 0 Å². The van der Waals surface area contributed by atoms with Gasteiger partial charge >= 0.3 is 0 Å². The van der Waals surface area contributed by atoms with Gasteiger partial charge in [-0.1, -0.05) is 30.3 Å². The molecule has 2 N–H and O–H groups in total. The molecule has 0 spiro atoms. The number of aliphatic imine (C=N–C) groups is 1. The predicted octanol–water partition coefficient (Wildman–Crippen LogP) is 2.99. The maximum Gasteiger partial charge on any atom is 0.191 e. The van der Waals surface area contributed by atoms with Crippen LogP contribution in [0.15, 0.2) is 53.5 Å². The number of halogens is 2. The molecule has 6 nitrogen and oxygen atoms in total. The van der Waals surface area contributed by atoms with Gasteiger partial charge in [0.2, 0.25) is 0 Å². The molecule has 8 heteroatoms. The summed E-state index contributed by atoms with van der Waals surface area (Å²) < 4.78 is 24.9. The second-order valence-corrected chi connectivity index (χ2v) is 7.60. The van der Waals surface area contributed by atoms with Gasteiger partial charge in [-0.25, -0.2) is 4.39 Å². The molecule has 0 bridgehead atoms. The van der Waals surface area contributed by atoms with Gasteiger partial charge in [0, 0.05) is 33.1 Å². The van der Waals surface area contributed by atoms with E-state index in [1.54, 1.807) is 7.05 Å². The van der Waals surface area contributed by atoms with Crippen molar-refractivity contribution in [1.82, 2.24) is 15.5 Å². The summed E-state index contributed by atoms with van der Waals surface area (Å²) >= 11 is 0. The number of hydrogen-bond donors (Lipinski definition) is 2. The standard InChI is InChI=1S/C23H29FN4O2.HI/c1-25-23(26-15-20-14-18-4-2-3-5-22(18)30-20)27-16-21(28-10-12-29-13-11-28)17-6-8-19(24)9-7-17;/h2-9,20-21H,10-16H2,1H3,(H2,25,26,27);1H. The molecular weight excluding hydrogens is 510 g/mol. The van der Waals surface area contributed by atoms with E-state index in [0.29, 0.717) is 26.3 Å². The van der Waals surface area contributed by atoms with Gasteiger partial charge in [0.05, 0.1) is 25.8 Å². The first-order chi connectivity index (χ1) is 14.7. The number of para-hydroxylation sites is 1. The zero-order valence-corrected chi connectivity index (χ0v) is 20.1. The Morgan fingerprint density at radius 2 is 1.87 bits per heavy atom. The number of fused-ring (bicyclic) bond motifs is 1. The van der Waals surface area contributed by atoms with Crippen LogP contribution in [0.4, 0.5) is 4.39 Å². The fourth-order valence-corrected chi connectivity index (χ4v) is 4.02. The molecule has 31 heavy (non-hydrogen) atoms. The third-order valence-corrected chi connectivity index (χ3v) is 5.64. The van der Waals surface area contributed by atoms with Crippen LogP contribution in [0.25, 0.3) is 0 Å². The normalized spacial score (nSPS) is 19.7. The molecule has 2 heterocycles. The van der Waals surface area contributed by atoms with Crippen LogP contribution >= 0.6 is 24.0 Å². The Hall–Kier alpha value is -1.91. The quantitative estimate of drug-likeness (QED) is 0.336. The molecule has 0 radical (unpaired) electrons. The third-order valence-electron chi connectivity index (χ3n) is 5.64. The lowest BCUT2D eigenvalue weighted by atomic mass is 10.0. The Labute approximate surface area is 200 Å². The molecule has 0 amide bonds. The van der Waals surface area contributed by atoms with Crippen molar-refractivity contribution < 1.29 is 13.9 Å². The van der Waals surface area contributed by atoms with E-state index >= 15 is 0 Å². The number of benzene rings is 2. The number of nitrogens with one attached hydrogen (secondary N) is 2. The topological polar surface area (TPSA) is 58.1 Å². The van der Waals surface area contributed by atoms with Gasteiger partial charge in [-0.05, 0) is 29.3 Å². The van der Waals surface area contributed by atoms with E-state index in [1.807, 2.05) is 30.3 Å². The number of hydrogen-bond acceptors (Lipinski definition) is 4. The van der Waals surface area contributed by atoms with Gasteiger partial charge < -0.3 is 20.1 Å². The molecule has 2 aliphatic rings. The van der Waals surface area contributed by atoms with Gasteiger partial charge in [-0.15, -0.1) is 24.0 Å². The van der Waals surface area contributed by atoms with Crippen molar-refractivity contribution in [3.8, 4) is 5.75 Å². The summed E-state index contributed by atoms with van der Waals surface area (Å²) in [6, 6.07) is 15.0. The van der Waals surface area contributed by atoms with Crippen molar-refractivity contribution in [2.45, 2.75) is 18.6 Å².